The smallest absolute Gasteiger partial charge is 0.274 e. The van der Waals surface area contributed by atoms with Gasteiger partial charge in [-0.1, -0.05) is 22.0 Å². The number of rotatable bonds is 4. The van der Waals surface area contributed by atoms with Gasteiger partial charge in [-0.25, -0.2) is 4.39 Å². The van der Waals surface area contributed by atoms with Crippen molar-refractivity contribution in [2.75, 3.05) is 0 Å². The molecule has 2 N–H and O–H groups in total. The first-order valence-electron chi connectivity index (χ1n) is 6.05. The van der Waals surface area contributed by atoms with Crippen molar-refractivity contribution in [2.24, 2.45) is 5.73 Å². The van der Waals surface area contributed by atoms with E-state index < -0.39 is 16.8 Å². The van der Waals surface area contributed by atoms with E-state index in [0.717, 1.165) is 0 Å². The van der Waals surface area contributed by atoms with Gasteiger partial charge in [-0.15, -0.1) is 0 Å². The minimum absolute atomic E-state index is 0.127. The van der Waals surface area contributed by atoms with Crippen LogP contribution >= 0.6 is 15.9 Å². The van der Waals surface area contributed by atoms with E-state index in [0.29, 0.717) is 4.47 Å². The van der Waals surface area contributed by atoms with Crippen LogP contribution in [0, 0.1) is 15.9 Å². The maximum Gasteiger partial charge on any atom is 0.274 e. The highest BCUT2D eigenvalue weighted by Crippen LogP contribution is 2.33. The fourth-order valence-corrected chi connectivity index (χ4v) is 2.35. The number of benzene rings is 2. The topological polar surface area (TPSA) is 78.4 Å². The Morgan fingerprint density at radius 2 is 2.10 bits per heavy atom. The van der Waals surface area contributed by atoms with Gasteiger partial charge in [-0.05, 0) is 25.1 Å². The van der Waals surface area contributed by atoms with Crippen molar-refractivity contribution in [3.05, 3.63) is 62.4 Å². The predicted octanol–water partition coefficient (Wildman–Crippen LogP) is 4.31. The van der Waals surface area contributed by atoms with Crippen molar-refractivity contribution in [1.29, 1.82) is 0 Å². The van der Waals surface area contributed by atoms with Gasteiger partial charge in [0.05, 0.1) is 11.0 Å². The summed E-state index contributed by atoms with van der Waals surface area (Å²) in [5.41, 5.74) is 5.84. The number of halogens is 2. The Morgan fingerprint density at radius 1 is 1.38 bits per heavy atom. The molecule has 5 nitrogen and oxygen atoms in total. The minimum Gasteiger partial charge on any atom is -0.457 e. The monoisotopic (exact) mass is 354 g/mol. The number of ether oxygens (including phenoxy) is 1. The van der Waals surface area contributed by atoms with E-state index in [1.165, 1.54) is 24.3 Å². The number of nitro benzene ring substituents is 1. The molecule has 0 bridgehead atoms. The Balaban J connectivity index is 2.43. The molecule has 110 valence electrons. The Morgan fingerprint density at radius 3 is 2.71 bits per heavy atom. The van der Waals surface area contributed by atoms with E-state index in [1.54, 1.807) is 19.1 Å². The Hall–Kier alpha value is -1.99. The number of hydrogen-bond donors (Lipinski definition) is 1. The summed E-state index contributed by atoms with van der Waals surface area (Å²) in [5, 5.41) is 10.8. The van der Waals surface area contributed by atoms with Gasteiger partial charge < -0.3 is 10.5 Å². The van der Waals surface area contributed by atoms with Crippen LogP contribution in [0.15, 0.2) is 40.9 Å². The molecule has 0 saturated carbocycles. The van der Waals surface area contributed by atoms with Crippen molar-refractivity contribution in [1.82, 2.24) is 0 Å². The largest absolute Gasteiger partial charge is 0.457 e. The highest BCUT2D eigenvalue weighted by Gasteiger charge is 2.16. The third-order valence-corrected chi connectivity index (χ3v) is 3.22. The second-order valence-corrected chi connectivity index (χ2v) is 5.36. The Bertz CT molecular complexity index is 692. The third-order valence-electron chi connectivity index (χ3n) is 2.76. The Kier molecular flexibility index (Phi) is 4.54. The minimum atomic E-state index is -0.566. The summed E-state index contributed by atoms with van der Waals surface area (Å²) in [6.45, 7) is 1.63. The van der Waals surface area contributed by atoms with E-state index in [2.05, 4.69) is 15.9 Å². The molecule has 0 heterocycles. The zero-order valence-electron chi connectivity index (χ0n) is 11.0. The van der Waals surface area contributed by atoms with E-state index in [-0.39, 0.29) is 22.7 Å². The SMILES string of the molecule is C[C@H](N)c1c(F)cccc1Oc1cc(Br)cc([N+](=O)[O-])c1. The molecule has 1 atom stereocenters. The first-order chi connectivity index (χ1) is 9.88. The zero-order valence-corrected chi connectivity index (χ0v) is 12.6. The first kappa shape index (κ1) is 15.4. The molecule has 21 heavy (non-hydrogen) atoms. The fraction of sp³-hybridized carbons (Fsp3) is 0.143. The van der Waals surface area contributed by atoms with E-state index >= 15 is 0 Å². The zero-order chi connectivity index (χ0) is 15.6. The molecular weight excluding hydrogens is 343 g/mol. The Labute approximate surface area is 128 Å². The highest BCUT2D eigenvalue weighted by atomic mass is 79.9. The van der Waals surface area contributed by atoms with Crippen molar-refractivity contribution in [2.45, 2.75) is 13.0 Å². The standard InChI is InChI=1S/C14H12BrFN2O3/c1-8(17)14-12(16)3-2-4-13(14)21-11-6-9(15)5-10(7-11)18(19)20/h2-8H,17H2,1H3/t8-/m0/s1. The van der Waals surface area contributed by atoms with E-state index in [4.69, 9.17) is 10.5 Å². The van der Waals surface area contributed by atoms with Crippen LogP contribution in [0.2, 0.25) is 0 Å². The van der Waals surface area contributed by atoms with Crippen LogP contribution < -0.4 is 10.5 Å². The molecule has 2 rings (SSSR count). The number of hydrogen-bond acceptors (Lipinski definition) is 4. The van der Waals surface area contributed by atoms with Crippen molar-refractivity contribution in [3.8, 4) is 11.5 Å². The first-order valence-corrected chi connectivity index (χ1v) is 6.84. The maximum absolute atomic E-state index is 13.8. The predicted molar refractivity (Wildman–Crippen MR) is 79.9 cm³/mol. The van der Waals surface area contributed by atoms with Gasteiger partial charge in [-0.3, -0.25) is 10.1 Å². The summed E-state index contributed by atoms with van der Waals surface area (Å²) < 4.78 is 19.9. The van der Waals surface area contributed by atoms with Crippen molar-refractivity contribution in [3.63, 3.8) is 0 Å². The molecule has 0 fully saturated rings. The lowest BCUT2D eigenvalue weighted by Crippen LogP contribution is -2.09. The van der Waals surface area contributed by atoms with Gasteiger partial charge in [0.25, 0.3) is 5.69 Å². The average Bonchev–Trinajstić information content (AvgIpc) is 2.37. The number of nitrogens with two attached hydrogens (primary N) is 1. The lowest BCUT2D eigenvalue weighted by atomic mass is 10.1. The molecule has 7 heteroatoms. The average molecular weight is 355 g/mol. The number of nitrogens with zero attached hydrogens (tertiary/aromatic N) is 1. The number of nitro groups is 1. The normalized spacial score (nSPS) is 12.0. The van der Waals surface area contributed by atoms with E-state index in [1.807, 2.05) is 0 Å². The van der Waals surface area contributed by atoms with Gasteiger partial charge in [-0.2, -0.15) is 0 Å². The number of non-ortho nitro benzene ring substituents is 1. The molecule has 0 unspecified atom stereocenters. The van der Waals surface area contributed by atoms with Crippen LogP contribution in [-0.4, -0.2) is 4.92 Å². The van der Waals surface area contributed by atoms with Gasteiger partial charge >= 0.3 is 0 Å². The molecule has 0 amide bonds. The second kappa shape index (κ2) is 6.19. The molecule has 2 aromatic carbocycles. The molecule has 0 radical (unpaired) electrons. The van der Waals surface area contributed by atoms with Gasteiger partial charge in [0.1, 0.15) is 17.3 Å². The van der Waals surface area contributed by atoms with Crippen LogP contribution in [0.4, 0.5) is 10.1 Å². The van der Waals surface area contributed by atoms with Gasteiger partial charge in [0.2, 0.25) is 0 Å². The summed E-state index contributed by atoms with van der Waals surface area (Å²) in [4.78, 5) is 10.3. The summed E-state index contributed by atoms with van der Waals surface area (Å²) in [6.07, 6.45) is 0. The summed E-state index contributed by atoms with van der Waals surface area (Å²) in [7, 11) is 0. The molecule has 2 aromatic rings. The van der Waals surface area contributed by atoms with Crippen molar-refractivity contribution < 1.29 is 14.1 Å². The van der Waals surface area contributed by atoms with Crippen LogP contribution in [-0.2, 0) is 0 Å². The second-order valence-electron chi connectivity index (χ2n) is 4.44. The van der Waals surface area contributed by atoms with E-state index in [9.17, 15) is 14.5 Å². The molecule has 0 spiro atoms. The molecule has 0 aliphatic rings. The van der Waals surface area contributed by atoms with Crippen molar-refractivity contribution >= 4 is 21.6 Å². The summed E-state index contributed by atoms with van der Waals surface area (Å²) in [6, 6.07) is 7.95. The van der Waals surface area contributed by atoms with Crippen LogP contribution in [0.1, 0.15) is 18.5 Å². The fourth-order valence-electron chi connectivity index (χ4n) is 1.89. The van der Waals surface area contributed by atoms with Crippen LogP contribution in [0.25, 0.3) is 0 Å². The molecule has 0 aromatic heterocycles. The molecular formula is C14H12BrFN2O3. The summed E-state index contributed by atoms with van der Waals surface area (Å²) >= 11 is 3.17. The quantitative estimate of drug-likeness (QED) is 0.655. The summed E-state index contributed by atoms with van der Waals surface area (Å²) in [5.74, 6) is -0.0204. The lowest BCUT2D eigenvalue weighted by Gasteiger charge is -2.14. The third kappa shape index (κ3) is 3.56. The highest BCUT2D eigenvalue weighted by molar-refractivity contribution is 9.10. The maximum atomic E-state index is 13.8. The van der Waals surface area contributed by atoms with Gasteiger partial charge in [0, 0.05) is 22.1 Å². The molecule has 0 saturated heterocycles. The van der Waals surface area contributed by atoms with Crippen LogP contribution in [0.5, 0.6) is 11.5 Å². The van der Waals surface area contributed by atoms with Gasteiger partial charge in [0.15, 0.2) is 0 Å². The molecule has 0 aliphatic heterocycles. The lowest BCUT2D eigenvalue weighted by molar-refractivity contribution is -0.385. The van der Waals surface area contributed by atoms with Crippen LogP contribution in [0.3, 0.4) is 0 Å². The molecule has 0 aliphatic carbocycles.